The molecule has 23 heavy (non-hydrogen) atoms. The molecule has 0 saturated heterocycles. The van der Waals surface area contributed by atoms with Gasteiger partial charge in [-0.05, 0) is 51.3 Å². The SMILES string of the molecule is Cc1nccc(-c2ccc(OC[C@](C)(N)CC(C)C)c(C)n2)n1. The summed E-state index contributed by atoms with van der Waals surface area (Å²) in [6.07, 6.45) is 2.66. The Morgan fingerprint density at radius 3 is 2.43 bits per heavy atom. The fourth-order valence-electron chi connectivity index (χ4n) is 2.68. The lowest BCUT2D eigenvalue weighted by Gasteiger charge is -2.26. The first kappa shape index (κ1) is 17.3. The average molecular weight is 314 g/mol. The first-order valence-corrected chi connectivity index (χ1v) is 7.96. The summed E-state index contributed by atoms with van der Waals surface area (Å²) in [5, 5.41) is 0. The Morgan fingerprint density at radius 1 is 1.13 bits per heavy atom. The molecule has 0 spiro atoms. The molecule has 0 aliphatic rings. The Hall–Kier alpha value is -2.01. The summed E-state index contributed by atoms with van der Waals surface area (Å²) >= 11 is 0. The van der Waals surface area contributed by atoms with Gasteiger partial charge in [0.1, 0.15) is 18.2 Å². The van der Waals surface area contributed by atoms with Crippen LogP contribution >= 0.6 is 0 Å². The van der Waals surface area contributed by atoms with Gasteiger partial charge in [-0.3, -0.25) is 0 Å². The van der Waals surface area contributed by atoms with Crippen molar-refractivity contribution in [1.29, 1.82) is 0 Å². The minimum absolute atomic E-state index is 0.344. The molecule has 124 valence electrons. The zero-order valence-electron chi connectivity index (χ0n) is 14.6. The highest BCUT2D eigenvalue weighted by Crippen LogP contribution is 2.23. The van der Waals surface area contributed by atoms with Crippen molar-refractivity contribution in [3.63, 3.8) is 0 Å². The number of aryl methyl sites for hydroxylation is 2. The van der Waals surface area contributed by atoms with Crippen LogP contribution in [0.5, 0.6) is 5.75 Å². The van der Waals surface area contributed by atoms with Crippen molar-refractivity contribution < 1.29 is 4.74 Å². The Bertz CT molecular complexity index is 668. The standard InChI is InChI=1S/C18H26N4O/c1-12(2)10-18(5,19)11-23-17-7-6-15(21-13(17)3)16-8-9-20-14(4)22-16/h6-9,12H,10-11,19H2,1-5H3/t18-/m1/s1. The average Bonchev–Trinajstić information content (AvgIpc) is 2.44. The third-order valence-electron chi connectivity index (χ3n) is 3.51. The van der Waals surface area contributed by atoms with Crippen LogP contribution in [-0.4, -0.2) is 27.1 Å². The molecular formula is C18H26N4O. The summed E-state index contributed by atoms with van der Waals surface area (Å²) in [6, 6.07) is 5.70. The van der Waals surface area contributed by atoms with Gasteiger partial charge in [-0.2, -0.15) is 0 Å². The molecule has 1 atom stereocenters. The van der Waals surface area contributed by atoms with Crippen LogP contribution in [0, 0.1) is 19.8 Å². The Balaban J connectivity index is 2.11. The molecule has 0 aliphatic carbocycles. The predicted molar refractivity (Wildman–Crippen MR) is 92.3 cm³/mol. The topological polar surface area (TPSA) is 73.9 Å². The predicted octanol–water partition coefficient (Wildman–Crippen LogP) is 3.30. The molecule has 2 rings (SSSR count). The van der Waals surface area contributed by atoms with Crippen molar-refractivity contribution in [2.24, 2.45) is 11.7 Å². The molecule has 0 aromatic carbocycles. The van der Waals surface area contributed by atoms with Crippen molar-refractivity contribution in [3.05, 3.63) is 35.9 Å². The second kappa shape index (κ2) is 7.04. The second-order valence-corrected chi connectivity index (χ2v) is 6.81. The molecule has 0 unspecified atom stereocenters. The molecule has 5 nitrogen and oxygen atoms in total. The van der Waals surface area contributed by atoms with Crippen LogP contribution in [0.2, 0.25) is 0 Å². The highest BCUT2D eigenvalue weighted by atomic mass is 16.5. The number of nitrogens with zero attached hydrogens (tertiary/aromatic N) is 3. The Kier molecular flexibility index (Phi) is 5.31. The normalized spacial score (nSPS) is 13.9. The molecule has 2 heterocycles. The summed E-state index contributed by atoms with van der Waals surface area (Å²) in [6.45, 7) is 10.6. The van der Waals surface area contributed by atoms with E-state index in [1.54, 1.807) is 6.20 Å². The van der Waals surface area contributed by atoms with Crippen molar-refractivity contribution in [1.82, 2.24) is 15.0 Å². The largest absolute Gasteiger partial charge is 0.490 e. The van der Waals surface area contributed by atoms with E-state index < -0.39 is 0 Å². The number of hydrogen-bond acceptors (Lipinski definition) is 5. The molecule has 0 aliphatic heterocycles. The van der Waals surface area contributed by atoms with E-state index >= 15 is 0 Å². The van der Waals surface area contributed by atoms with Crippen LogP contribution in [-0.2, 0) is 0 Å². The minimum atomic E-state index is -0.344. The Morgan fingerprint density at radius 2 is 1.83 bits per heavy atom. The number of pyridine rings is 1. The highest BCUT2D eigenvalue weighted by molar-refractivity contribution is 5.55. The van der Waals surface area contributed by atoms with Crippen LogP contribution in [0.3, 0.4) is 0 Å². The number of nitrogens with two attached hydrogens (primary N) is 1. The number of hydrogen-bond donors (Lipinski definition) is 1. The molecular weight excluding hydrogens is 288 g/mol. The maximum atomic E-state index is 6.29. The van der Waals surface area contributed by atoms with Gasteiger partial charge in [0.2, 0.25) is 0 Å². The first-order valence-electron chi connectivity index (χ1n) is 7.96. The lowest BCUT2D eigenvalue weighted by molar-refractivity contribution is 0.205. The van der Waals surface area contributed by atoms with Gasteiger partial charge in [-0.1, -0.05) is 13.8 Å². The molecule has 0 amide bonds. The van der Waals surface area contributed by atoms with Gasteiger partial charge in [0, 0.05) is 11.7 Å². The van der Waals surface area contributed by atoms with Crippen LogP contribution in [0.15, 0.2) is 24.4 Å². The van der Waals surface area contributed by atoms with E-state index in [2.05, 4.69) is 28.8 Å². The van der Waals surface area contributed by atoms with Gasteiger partial charge >= 0.3 is 0 Å². The fourth-order valence-corrected chi connectivity index (χ4v) is 2.68. The summed E-state index contributed by atoms with van der Waals surface area (Å²) < 4.78 is 5.90. The molecule has 0 fully saturated rings. The van der Waals surface area contributed by atoms with Crippen LogP contribution in [0.25, 0.3) is 11.4 Å². The summed E-state index contributed by atoms with van der Waals surface area (Å²) in [5.74, 6) is 2.03. The molecule has 0 radical (unpaired) electrons. The maximum Gasteiger partial charge on any atom is 0.140 e. The van der Waals surface area contributed by atoms with E-state index in [4.69, 9.17) is 10.5 Å². The van der Waals surface area contributed by atoms with Crippen molar-refractivity contribution in [3.8, 4) is 17.1 Å². The van der Waals surface area contributed by atoms with Gasteiger partial charge in [0.25, 0.3) is 0 Å². The third kappa shape index (κ3) is 4.99. The molecule has 0 saturated carbocycles. The first-order chi connectivity index (χ1) is 10.8. The molecule has 2 aromatic heterocycles. The van der Waals surface area contributed by atoms with Gasteiger partial charge in [0.15, 0.2) is 0 Å². The van der Waals surface area contributed by atoms with Crippen molar-refractivity contribution in [2.75, 3.05) is 6.61 Å². The fraction of sp³-hybridized carbons (Fsp3) is 0.500. The smallest absolute Gasteiger partial charge is 0.140 e. The maximum absolute atomic E-state index is 6.29. The molecule has 0 bridgehead atoms. The van der Waals surface area contributed by atoms with E-state index in [-0.39, 0.29) is 5.54 Å². The van der Waals surface area contributed by atoms with Crippen LogP contribution in [0.4, 0.5) is 0 Å². The summed E-state index contributed by atoms with van der Waals surface area (Å²) in [5.41, 5.74) is 8.41. The Labute approximate surface area is 138 Å². The number of aromatic nitrogens is 3. The monoisotopic (exact) mass is 314 g/mol. The van der Waals surface area contributed by atoms with Gasteiger partial charge in [-0.15, -0.1) is 0 Å². The second-order valence-electron chi connectivity index (χ2n) is 6.81. The summed E-state index contributed by atoms with van der Waals surface area (Å²) in [4.78, 5) is 13.1. The van der Waals surface area contributed by atoms with E-state index in [9.17, 15) is 0 Å². The lowest BCUT2D eigenvalue weighted by atomic mass is 9.93. The zero-order chi connectivity index (χ0) is 17.0. The van der Waals surface area contributed by atoms with Crippen LogP contribution in [0.1, 0.15) is 38.7 Å². The van der Waals surface area contributed by atoms with Crippen molar-refractivity contribution in [2.45, 2.75) is 46.6 Å². The molecule has 2 N–H and O–H groups in total. The van der Waals surface area contributed by atoms with Gasteiger partial charge < -0.3 is 10.5 Å². The third-order valence-corrected chi connectivity index (χ3v) is 3.51. The lowest BCUT2D eigenvalue weighted by Crippen LogP contribution is -2.43. The number of rotatable bonds is 6. The number of ether oxygens (including phenoxy) is 1. The summed E-state index contributed by atoms with van der Waals surface area (Å²) in [7, 11) is 0. The van der Waals surface area contributed by atoms with E-state index in [1.807, 2.05) is 39.0 Å². The van der Waals surface area contributed by atoms with Crippen molar-refractivity contribution >= 4 is 0 Å². The van der Waals surface area contributed by atoms with E-state index in [1.165, 1.54) is 0 Å². The van der Waals surface area contributed by atoms with Gasteiger partial charge in [0.05, 0.1) is 17.1 Å². The van der Waals surface area contributed by atoms with Crippen LogP contribution < -0.4 is 10.5 Å². The quantitative estimate of drug-likeness (QED) is 0.885. The highest BCUT2D eigenvalue weighted by Gasteiger charge is 2.21. The minimum Gasteiger partial charge on any atom is -0.490 e. The molecule has 5 heteroatoms. The van der Waals surface area contributed by atoms with Gasteiger partial charge in [-0.25, -0.2) is 15.0 Å². The molecule has 2 aromatic rings. The zero-order valence-corrected chi connectivity index (χ0v) is 14.6. The van der Waals surface area contributed by atoms with E-state index in [0.29, 0.717) is 12.5 Å². The van der Waals surface area contributed by atoms with E-state index in [0.717, 1.165) is 35.1 Å².